The number of pyridine rings is 1. The smallest absolute Gasteiger partial charge is 0.250 e. The van der Waals surface area contributed by atoms with E-state index in [1.54, 1.807) is 6.07 Å². The van der Waals surface area contributed by atoms with Gasteiger partial charge in [-0.25, -0.2) is 0 Å². The van der Waals surface area contributed by atoms with Gasteiger partial charge in [0.1, 0.15) is 0 Å². The van der Waals surface area contributed by atoms with Gasteiger partial charge in [-0.2, -0.15) is 0 Å². The molecule has 15 heavy (non-hydrogen) atoms. The normalized spacial score (nSPS) is 10.3. The lowest BCUT2D eigenvalue weighted by Gasteiger charge is -2.07. The summed E-state index contributed by atoms with van der Waals surface area (Å²) in [5.41, 5.74) is 7.41. The molecule has 2 N–H and O–H groups in total. The number of hydrogen-bond acceptors (Lipinski definition) is 2. The standard InChI is InChI=1S/C10H12Cl2N2O/c11-3-1-7-5-8(10(13)15)6-14-9(7)2-4-12/h5-6H,1-4H2,(H2,13,15). The van der Waals surface area contributed by atoms with Crippen LogP contribution in [0.5, 0.6) is 0 Å². The monoisotopic (exact) mass is 246 g/mol. The van der Waals surface area contributed by atoms with E-state index in [-0.39, 0.29) is 0 Å². The van der Waals surface area contributed by atoms with Crippen molar-refractivity contribution in [2.75, 3.05) is 11.8 Å². The number of alkyl halides is 2. The predicted molar refractivity (Wildman–Crippen MR) is 61.6 cm³/mol. The second kappa shape index (κ2) is 5.93. The third kappa shape index (κ3) is 3.36. The van der Waals surface area contributed by atoms with Gasteiger partial charge in [0.05, 0.1) is 5.56 Å². The number of amides is 1. The van der Waals surface area contributed by atoms with Crippen LogP contribution in [-0.4, -0.2) is 22.7 Å². The average molecular weight is 247 g/mol. The highest BCUT2D eigenvalue weighted by Crippen LogP contribution is 2.11. The van der Waals surface area contributed by atoms with E-state index in [2.05, 4.69) is 4.98 Å². The molecule has 0 fully saturated rings. The molecule has 5 heteroatoms. The zero-order chi connectivity index (χ0) is 11.3. The molecule has 0 saturated carbocycles. The van der Waals surface area contributed by atoms with Crippen molar-refractivity contribution in [2.45, 2.75) is 12.8 Å². The van der Waals surface area contributed by atoms with Crippen molar-refractivity contribution in [3.05, 3.63) is 29.1 Å². The second-order valence-electron chi connectivity index (χ2n) is 3.07. The Hall–Kier alpha value is -0.800. The maximum Gasteiger partial charge on any atom is 0.250 e. The van der Waals surface area contributed by atoms with Crippen LogP contribution < -0.4 is 5.73 Å². The third-order valence-electron chi connectivity index (χ3n) is 2.04. The Labute approximate surface area is 98.6 Å². The van der Waals surface area contributed by atoms with E-state index >= 15 is 0 Å². The summed E-state index contributed by atoms with van der Waals surface area (Å²) in [6.07, 6.45) is 2.82. The van der Waals surface area contributed by atoms with E-state index in [9.17, 15) is 4.79 Å². The number of aryl methyl sites for hydroxylation is 2. The van der Waals surface area contributed by atoms with Crippen LogP contribution in [-0.2, 0) is 12.8 Å². The van der Waals surface area contributed by atoms with Crippen molar-refractivity contribution < 1.29 is 4.79 Å². The number of hydrogen-bond donors (Lipinski definition) is 1. The quantitative estimate of drug-likeness (QED) is 0.806. The molecule has 0 aliphatic heterocycles. The molecule has 0 spiro atoms. The maximum atomic E-state index is 10.9. The molecular weight excluding hydrogens is 235 g/mol. The van der Waals surface area contributed by atoms with Crippen LogP contribution in [0.15, 0.2) is 12.3 Å². The van der Waals surface area contributed by atoms with Gasteiger partial charge in [0.2, 0.25) is 5.91 Å². The van der Waals surface area contributed by atoms with Crippen LogP contribution in [0.1, 0.15) is 21.6 Å². The fraction of sp³-hybridized carbons (Fsp3) is 0.400. The van der Waals surface area contributed by atoms with Crippen molar-refractivity contribution in [3.63, 3.8) is 0 Å². The molecule has 0 bridgehead atoms. The highest BCUT2D eigenvalue weighted by Gasteiger charge is 2.07. The summed E-state index contributed by atoms with van der Waals surface area (Å²) >= 11 is 11.3. The Morgan fingerprint density at radius 2 is 2.00 bits per heavy atom. The van der Waals surface area contributed by atoms with Crippen LogP contribution in [0.25, 0.3) is 0 Å². The number of nitrogens with zero attached hydrogens (tertiary/aromatic N) is 1. The van der Waals surface area contributed by atoms with E-state index in [1.165, 1.54) is 6.20 Å². The van der Waals surface area contributed by atoms with Crippen LogP contribution in [0.2, 0.25) is 0 Å². The molecule has 1 aromatic heterocycles. The van der Waals surface area contributed by atoms with Gasteiger partial charge in [-0.05, 0) is 18.1 Å². The van der Waals surface area contributed by atoms with E-state index < -0.39 is 5.91 Å². The van der Waals surface area contributed by atoms with Crippen molar-refractivity contribution in [3.8, 4) is 0 Å². The number of carbonyl (C=O) groups excluding carboxylic acids is 1. The Morgan fingerprint density at radius 1 is 1.33 bits per heavy atom. The van der Waals surface area contributed by atoms with Gasteiger partial charge in [0.15, 0.2) is 0 Å². The second-order valence-corrected chi connectivity index (χ2v) is 3.83. The molecule has 0 saturated heterocycles. The van der Waals surface area contributed by atoms with Crippen LogP contribution in [0, 0.1) is 0 Å². The lowest BCUT2D eigenvalue weighted by atomic mass is 10.1. The van der Waals surface area contributed by atoms with Gasteiger partial charge < -0.3 is 5.73 Å². The Morgan fingerprint density at radius 3 is 2.53 bits per heavy atom. The summed E-state index contributed by atoms with van der Waals surface area (Å²) in [4.78, 5) is 15.1. The molecule has 82 valence electrons. The van der Waals surface area contributed by atoms with Crippen molar-refractivity contribution in [2.24, 2.45) is 5.73 Å². The van der Waals surface area contributed by atoms with Crippen LogP contribution in [0.4, 0.5) is 0 Å². The summed E-state index contributed by atoms with van der Waals surface area (Å²) in [6, 6.07) is 1.74. The maximum absolute atomic E-state index is 10.9. The van der Waals surface area contributed by atoms with Gasteiger partial charge >= 0.3 is 0 Å². The first kappa shape index (κ1) is 12.3. The molecule has 0 aliphatic rings. The summed E-state index contributed by atoms with van der Waals surface area (Å²) in [5, 5.41) is 0. The van der Waals surface area contributed by atoms with E-state index in [0.29, 0.717) is 30.2 Å². The van der Waals surface area contributed by atoms with Crippen molar-refractivity contribution in [1.82, 2.24) is 4.98 Å². The summed E-state index contributed by atoms with van der Waals surface area (Å²) in [7, 11) is 0. The highest BCUT2D eigenvalue weighted by atomic mass is 35.5. The Kier molecular flexibility index (Phi) is 4.85. The SMILES string of the molecule is NC(=O)c1cnc(CCCl)c(CCCl)c1. The first-order valence-corrected chi connectivity index (χ1v) is 5.65. The lowest BCUT2D eigenvalue weighted by molar-refractivity contribution is 0.1000. The van der Waals surface area contributed by atoms with Gasteiger partial charge in [-0.3, -0.25) is 9.78 Å². The molecule has 3 nitrogen and oxygen atoms in total. The molecule has 0 radical (unpaired) electrons. The molecule has 0 unspecified atom stereocenters. The van der Waals surface area contributed by atoms with E-state index in [1.807, 2.05) is 0 Å². The molecule has 1 amide bonds. The van der Waals surface area contributed by atoms with Gasteiger partial charge in [0.25, 0.3) is 0 Å². The van der Waals surface area contributed by atoms with Crippen LogP contribution >= 0.6 is 23.2 Å². The first-order valence-electron chi connectivity index (χ1n) is 4.58. The third-order valence-corrected chi connectivity index (χ3v) is 2.42. The van der Waals surface area contributed by atoms with Crippen molar-refractivity contribution >= 4 is 29.1 Å². The van der Waals surface area contributed by atoms with E-state index in [4.69, 9.17) is 28.9 Å². The molecule has 1 rings (SSSR count). The first-order chi connectivity index (χ1) is 7.19. The zero-order valence-electron chi connectivity index (χ0n) is 8.17. The number of halogens is 2. The minimum atomic E-state index is -0.476. The lowest BCUT2D eigenvalue weighted by Crippen LogP contribution is -2.13. The molecule has 1 heterocycles. The van der Waals surface area contributed by atoms with E-state index in [0.717, 1.165) is 11.3 Å². The fourth-order valence-corrected chi connectivity index (χ4v) is 1.69. The predicted octanol–water partition coefficient (Wildman–Crippen LogP) is 1.74. The van der Waals surface area contributed by atoms with Gasteiger partial charge in [0, 0.05) is 30.1 Å². The minimum Gasteiger partial charge on any atom is -0.366 e. The number of primary amides is 1. The fourth-order valence-electron chi connectivity index (χ4n) is 1.31. The topological polar surface area (TPSA) is 56.0 Å². The van der Waals surface area contributed by atoms with Gasteiger partial charge in [-0.15, -0.1) is 23.2 Å². The number of nitrogens with two attached hydrogens (primary N) is 1. The zero-order valence-corrected chi connectivity index (χ0v) is 9.68. The Bertz CT molecular complexity index is 355. The summed E-state index contributed by atoms with van der Waals surface area (Å²) in [6.45, 7) is 0. The minimum absolute atomic E-state index is 0.411. The molecule has 0 aliphatic carbocycles. The highest BCUT2D eigenvalue weighted by molar-refractivity contribution is 6.18. The Balaban J connectivity index is 3.02. The largest absolute Gasteiger partial charge is 0.366 e. The number of carbonyl (C=O) groups is 1. The molecule has 0 aromatic carbocycles. The van der Waals surface area contributed by atoms with Crippen molar-refractivity contribution in [1.29, 1.82) is 0 Å². The van der Waals surface area contributed by atoms with Gasteiger partial charge in [-0.1, -0.05) is 0 Å². The average Bonchev–Trinajstić information content (AvgIpc) is 2.21. The summed E-state index contributed by atoms with van der Waals surface area (Å²) in [5.74, 6) is 0.507. The number of aromatic nitrogens is 1. The molecule has 1 aromatic rings. The molecule has 0 atom stereocenters. The van der Waals surface area contributed by atoms with Crippen LogP contribution in [0.3, 0.4) is 0 Å². The number of rotatable bonds is 5. The summed E-state index contributed by atoms with van der Waals surface area (Å²) < 4.78 is 0. The molecular formula is C10H12Cl2N2O.